The lowest BCUT2D eigenvalue weighted by Gasteiger charge is -2.31. The maximum atomic E-state index is 12.6. The van der Waals surface area contributed by atoms with Crippen molar-refractivity contribution in [2.75, 3.05) is 24.8 Å². The van der Waals surface area contributed by atoms with E-state index in [1.165, 1.54) is 78.5 Å². The van der Waals surface area contributed by atoms with Crippen LogP contribution in [-0.4, -0.2) is 69.3 Å². The zero-order valence-corrected chi connectivity index (χ0v) is 65.4. The highest BCUT2D eigenvalue weighted by molar-refractivity contribution is 7.90. The Morgan fingerprint density at radius 3 is 1.06 bits per heavy atom. The molecule has 0 radical (unpaired) electrons. The summed E-state index contributed by atoms with van der Waals surface area (Å²) in [6.07, 6.45) is -2.29. The van der Waals surface area contributed by atoms with Gasteiger partial charge in [0.1, 0.15) is 26.0 Å². The van der Waals surface area contributed by atoms with Gasteiger partial charge in [0.2, 0.25) is 11.7 Å². The molecule has 0 fully saturated rings. The summed E-state index contributed by atoms with van der Waals surface area (Å²) in [5.74, 6) is -2.32. The largest absolute Gasteiger partial charge is 0.465 e. The molecule has 11 aromatic rings. The number of Topliss-reactive ketones (excluding diaryl/α,β-unsaturated/α-hetero) is 1. The third kappa shape index (κ3) is 34.2. The van der Waals surface area contributed by atoms with Crippen molar-refractivity contribution < 1.29 is 64.3 Å². The zero-order chi connectivity index (χ0) is 79.8. The van der Waals surface area contributed by atoms with Crippen LogP contribution >= 0.6 is 7.14 Å². The highest BCUT2D eigenvalue weighted by Crippen LogP contribution is 2.45. The van der Waals surface area contributed by atoms with Gasteiger partial charge < -0.3 is 24.1 Å². The number of anilines is 1. The fourth-order valence-electron chi connectivity index (χ4n) is 10.4. The molecule has 12 rings (SSSR count). The number of carbonyl (C=O) groups excluding carboxylic acids is 5. The average molecular weight is 1520 g/mol. The number of benzene rings is 11. The Morgan fingerprint density at radius 2 is 0.771 bits per heavy atom. The summed E-state index contributed by atoms with van der Waals surface area (Å²) in [6, 6.07) is 104. The van der Waals surface area contributed by atoms with Gasteiger partial charge in [0.25, 0.3) is 0 Å². The number of halogens is 3. The normalized spacial score (nSPS) is 10.9. The third-order valence-corrected chi connectivity index (χ3v) is 19.6. The lowest BCUT2D eigenvalue weighted by atomic mass is 9.71. The summed E-state index contributed by atoms with van der Waals surface area (Å²) in [4.78, 5) is 51.9. The van der Waals surface area contributed by atoms with Crippen LogP contribution in [0, 0.1) is 6.92 Å². The van der Waals surface area contributed by atoms with E-state index < -0.39 is 28.9 Å². The van der Waals surface area contributed by atoms with Gasteiger partial charge >= 0.3 is 24.1 Å². The molecule has 0 saturated heterocycles. The second-order valence-corrected chi connectivity index (χ2v) is 30.7. The van der Waals surface area contributed by atoms with Gasteiger partial charge in [0.15, 0.2) is 9.84 Å². The number of aryl methyl sites for hydroxylation is 2. The minimum absolute atomic E-state index is 0. The molecule has 0 saturated carbocycles. The van der Waals surface area contributed by atoms with Crippen molar-refractivity contribution in [3.05, 3.63) is 360 Å². The second-order valence-electron chi connectivity index (χ2n) is 25.8. The number of rotatable bonds is 12. The Labute approximate surface area is 644 Å². The molecule has 1 amide bonds. The number of ketones is 1. The molecule has 0 bridgehead atoms. The summed E-state index contributed by atoms with van der Waals surface area (Å²) < 4.78 is 81.8. The molecule has 12 nitrogen and oxygen atoms in total. The molecule has 1 N–H and O–H groups in total. The fourth-order valence-corrected chi connectivity index (χ4v) is 12.9. The number of nitrogens with one attached hydrogen (secondary N) is 1. The number of ether oxygens (including phenoxy) is 3. The first-order chi connectivity index (χ1) is 51.2. The summed E-state index contributed by atoms with van der Waals surface area (Å²) in [6.45, 7) is 20.8. The number of sulfone groups is 1. The fraction of sp³-hybridized carbons (Fsp3) is 0.228. The van der Waals surface area contributed by atoms with E-state index >= 15 is 0 Å². The van der Waals surface area contributed by atoms with Crippen LogP contribution in [0.4, 0.5) is 18.9 Å². The SMILES string of the molecule is C.CC(=O)C(F)(F)F.CC(=O)Nc1ccccc1.CC(=O)OC(C)(C)C.CC(=O)OCC1c2ccccc2-c2ccccc21.CC(=O)OCc1ccccc1.CC(c1ccccc1)(c1ccccc1)c1ccccc1.CCc1ccccc1.CP(=O)(c1ccccc1)c1ccccc1.Cc1ccc(S(C)(=O)=O)cc1. The topological polar surface area (TPSA) is 176 Å². The molecule has 0 aromatic heterocycles. The van der Waals surface area contributed by atoms with Crippen LogP contribution < -0.4 is 15.9 Å². The predicted octanol–water partition coefficient (Wildman–Crippen LogP) is 21.2. The van der Waals surface area contributed by atoms with E-state index in [2.05, 4.69) is 159 Å². The summed E-state index contributed by atoms with van der Waals surface area (Å²) in [5, 5.41) is 4.49. The average Bonchev–Trinajstić information content (AvgIpc) is 1.51. The lowest BCUT2D eigenvalue weighted by Crippen LogP contribution is -2.25. The van der Waals surface area contributed by atoms with E-state index in [4.69, 9.17) is 14.2 Å². The van der Waals surface area contributed by atoms with Gasteiger partial charge in [-0.15, -0.1) is 0 Å². The number of hydrogen-bond donors (Lipinski definition) is 1. The molecule has 574 valence electrons. The molecule has 0 atom stereocenters. The minimum Gasteiger partial charge on any atom is -0.465 e. The third-order valence-electron chi connectivity index (χ3n) is 15.9. The Balaban J connectivity index is 0.000000325. The van der Waals surface area contributed by atoms with Gasteiger partial charge in [-0.25, -0.2) is 8.42 Å². The van der Waals surface area contributed by atoms with Crippen LogP contribution in [0.15, 0.2) is 320 Å². The van der Waals surface area contributed by atoms with E-state index in [9.17, 15) is 50.1 Å². The predicted molar refractivity (Wildman–Crippen MR) is 439 cm³/mol. The van der Waals surface area contributed by atoms with Gasteiger partial charge in [-0.05, 0) is 122 Å². The summed E-state index contributed by atoms with van der Waals surface area (Å²) in [5.41, 5.74) is 12.8. The maximum Gasteiger partial charge on any atom is 0.449 e. The van der Waals surface area contributed by atoms with Crippen molar-refractivity contribution in [1.82, 2.24) is 0 Å². The van der Waals surface area contributed by atoms with Crippen molar-refractivity contribution in [3.8, 4) is 11.1 Å². The van der Waals surface area contributed by atoms with Gasteiger partial charge in [-0.1, -0.05) is 311 Å². The number of alkyl halides is 3. The Morgan fingerprint density at radius 1 is 0.450 bits per heavy atom. The molecular weight excluding hydrogens is 1420 g/mol. The van der Waals surface area contributed by atoms with Crippen LogP contribution in [0.25, 0.3) is 11.1 Å². The monoisotopic (exact) mass is 1520 g/mol. The first-order valence-electron chi connectivity index (χ1n) is 34.9. The van der Waals surface area contributed by atoms with Gasteiger partial charge in [0, 0.05) is 68.5 Å². The Bertz CT molecular complexity index is 4440. The highest BCUT2D eigenvalue weighted by atomic mass is 32.2. The van der Waals surface area contributed by atoms with E-state index in [0.717, 1.165) is 33.8 Å². The Hall–Kier alpha value is -11.1. The van der Waals surface area contributed by atoms with Crippen LogP contribution in [0.3, 0.4) is 0 Å². The molecule has 109 heavy (non-hydrogen) atoms. The summed E-state index contributed by atoms with van der Waals surface area (Å²) in [7, 11) is -5.42. The molecule has 0 spiro atoms. The molecule has 1 aliphatic carbocycles. The smallest absolute Gasteiger partial charge is 0.449 e. The van der Waals surface area contributed by atoms with Crippen molar-refractivity contribution in [1.29, 1.82) is 0 Å². The van der Waals surface area contributed by atoms with Crippen molar-refractivity contribution in [2.45, 2.75) is 125 Å². The van der Waals surface area contributed by atoms with Gasteiger partial charge in [-0.2, -0.15) is 13.2 Å². The number of carbonyl (C=O) groups is 5. The van der Waals surface area contributed by atoms with Crippen molar-refractivity contribution >= 4 is 62.9 Å². The van der Waals surface area contributed by atoms with E-state index in [0.29, 0.717) is 25.0 Å². The number of hydrogen-bond acceptors (Lipinski definition) is 11. The number of fused-ring (bicyclic) bond motifs is 3. The van der Waals surface area contributed by atoms with E-state index in [1.54, 1.807) is 24.3 Å². The van der Waals surface area contributed by atoms with Crippen LogP contribution in [0.5, 0.6) is 0 Å². The Kier molecular flexibility index (Phi) is 39.6. The van der Waals surface area contributed by atoms with Crippen LogP contribution in [0.1, 0.15) is 127 Å². The van der Waals surface area contributed by atoms with Gasteiger partial charge in [0.05, 0.1) is 4.90 Å². The first-order valence-corrected chi connectivity index (χ1v) is 39.0. The second kappa shape index (κ2) is 46.9. The van der Waals surface area contributed by atoms with Crippen molar-refractivity contribution in [2.24, 2.45) is 0 Å². The van der Waals surface area contributed by atoms with Crippen LogP contribution in [0.2, 0.25) is 0 Å². The standard InChI is InChI=1S/C20H18.C16H14O2.C13H13OP.C9H10O2.C8H9NO.C8H10O2S.C8H10.C6H12O2.C3H3F3O.CH4/c1-20(17-11-5-2-6-12-17,18-13-7-3-8-14-18)19-15-9-4-10-16-19;1-11(17)18-10-16-14-8-4-2-6-12(14)13-7-3-5-9-15(13)16;1-15(14,12-8-4-2-5-9-12)13-10-6-3-7-11-13;1-8(10)11-7-9-5-3-2-4-6-9;1-7(10)9-8-5-3-2-4-6-8;1-7-3-5-8(6-4-7)11(2,9)10;1-2-8-6-4-3-5-7-8;1-5(7)8-6(2,3)4;1-2(7)3(4,5)6;/h2-16H,1H3;2-9,16H,10H2,1H3;2-11H,1H3;2-6H,7H2,1H3;2-6H,1H3,(H,9,10);3-6H,1-2H3;3-7H,2H2,1H3;1-4H3;1H3;1H4. The number of para-hydroxylation sites is 1. The molecule has 0 aliphatic heterocycles. The molecule has 0 unspecified atom stereocenters. The molecule has 0 heterocycles. The number of amides is 1. The quantitative estimate of drug-likeness (QED) is 0.0533. The number of esters is 3. The summed E-state index contributed by atoms with van der Waals surface area (Å²) >= 11 is 0. The minimum atomic E-state index is -4.64. The maximum absolute atomic E-state index is 12.6. The van der Waals surface area contributed by atoms with E-state index in [-0.39, 0.29) is 48.2 Å². The van der Waals surface area contributed by atoms with E-state index in [1.807, 2.05) is 186 Å². The molecule has 17 heteroatoms. The molecular formula is C92H103F3NO11PS. The molecule has 11 aromatic carbocycles. The molecule has 1 aliphatic rings. The lowest BCUT2D eigenvalue weighted by molar-refractivity contribution is -0.168. The van der Waals surface area contributed by atoms with Crippen molar-refractivity contribution in [3.63, 3.8) is 0 Å². The zero-order valence-electron chi connectivity index (χ0n) is 63.7. The first kappa shape index (κ1) is 92.1. The highest BCUT2D eigenvalue weighted by Gasteiger charge is 2.34. The van der Waals surface area contributed by atoms with Gasteiger partial charge in [-0.3, -0.25) is 24.0 Å². The van der Waals surface area contributed by atoms with Crippen LogP contribution in [-0.2, 0) is 71.0 Å².